The lowest BCUT2D eigenvalue weighted by atomic mass is 10.0. The van der Waals surface area contributed by atoms with Gasteiger partial charge in [0, 0.05) is 11.3 Å². The Morgan fingerprint density at radius 2 is 1.80 bits per heavy atom. The smallest absolute Gasteiger partial charge is 0.161 e. The van der Waals surface area contributed by atoms with E-state index in [0.717, 1.165) is 29.5 Å². The first-order valence-corrected chi connectivity index (χ1v) is 7.17. The SMILES string of the molecule is CCCc1cc(Cl)nc(-c2cccc3ccccc23)n1. The minimum Gasteiger partial charge on any atom is -0.233 e. The van der Waals surface area contributed by atoms with Crippen LogP contribution in [0.15, 0.2) is 48.5 Å². The molecule has 0 spiro atoms. The number of hydrogen-bond donors (Lipinski definition) is 0. The van der Waals surface area contributed by atoms with Gasteiger partial charge in [0.1, 0.15) is 5.15 Å². The van der Waals surface area contributed by atoms with Gasteiger partial charge in [0.05, 0.1) is 0 Å². The van der Waals surface area contributed by atoms with Crippen LogP contribution in [-0.2, 0) is 6.42 Å². The van der Waals surface area contributed by atoms with Crippen molar-refractivity contribution in [3.63, 3.8) is 0 Å². The van der Waals surface area contributed by atoms with Gasteiger partial charge in [-0.2, -0.15) is 0 Å². The zero-order valence-corrected chi connectivity index (χ0v) is 12.1. The number of hydrogen-bond acceptors (Lipinski definition) is 2. The van der Waals surface area contributed by atoms with Crippen molar-refractivity contribution >= 4 is 22.4 Å². The van der Waals surface area contributed by atoms with Crippen molar-refractivity contribution in [2.24, 2.45) is 0 Å². The summed E-state index contributed by atoms with van der Waals surface area (Å²) in [6.07, 6.45) is 1.96. The first kappa shape index (κ1) is 13.1. The molecule has 3 heteroatoms. The lowest BCUT2D eigenvalue weighted by Gasteiger charge is -2.07. The molecule has 0 aliphatic rings. The fourth-order valence-corrected chi connectivity index (χ4v) is 2.60. The average Bonchev–Trinajstić information content (AvgIpc) is 2.46. The zero-order valence-electron chi connectivity index (χ0n) is 11.3. The molecule has 0 saturated heterocycles. The van der Waals surface area contributed by atoms with Crippen LogP contribution >= 0.6 is 11.6 Å². The van der Waals surface area contributed by atoms with Crippen LogP contribution < -0.4 is 0 Å². The molecule has 0 saturated carbocycles. The molecule has 0 aliphatic carbocycles. The Morgan fingerprint density at radius 3 is 2.65 bits per heavy atom. The van der Waals surface area contributed by atoms with E-state index in [1.54, 1.807) is 0 Å². The number of benzene rings is 2. The maximum atomic E-state index is 6.14. The van der Waals surface area contributed by atoms with E-state index in [0.29, 0.717) is 11.0 Å². The van der Waals surface area contributed by atoms with Crippen molar-refractivity contribution in [1.82, 2.24) is 9.97 Å². The molecule has 0 atom stereocenters. The summed E-state index contributed by atoms with van der Waals surface area (Å²) in [5.74, 6) is 0.706. The highest BCUT2D eigenvalue weighted by Crippen LogP contribution is 2.27. The second-order valence-corrected chi connectivity index (χ2v) is 5.17. The van der Waals surface area contributed by atoms with Gasteiger partial charge < -0.3 is 0 Å². The van der Waals surface area contributed by atoms with E-state index in [1.807, 2.05) is 30.3 Å². The van der Waals surface area contributed by atoms with Gasteiger partial charge in [-0.05, 0) is 23.3 Å². The number of fused-ring (bicyclic) bond motifs is 1. The molecule has 0 N–H and O–H groups in total. The van der Waals surface area contributed by atoms with Crippen molar-refractivity contribution in [2.75, 3.05) is 0 Å². The van der Waals surface area contributed by atoms with Crippen LogP contribution in [0.1, 0.15) is 19.0 Å². The first-order chi connectivity index (χ1) is 9.78. The minimum atomic E-state index is 0.506. The molecule has 0 amide bonds. The number of halogens is 1. The highest BCUT2D eigenvalue weighted by atomic mass is 35.5. The summed E-state index contributed by atoms with van der Waals surface area (Å²) < 4.78 is 0. The third-order valence-corrected chi connectivity index (χ3v) is 3.48. The second kappa shape index (κ2) is 5.59. The third kappa shape index (κ3) is 2.52. The fraction of sp³-hybridized carbons (Fsp3) is 0.176. The molecule has 100 valence electrons. The first-order valence-electron chi connectivity index (χ1n) is 6.79. The van der Waals surface area contributed by atoms with Crippen LogP contribution in [0.5, 0.6) is 0 Å². The maximum Gasteiger partial charge on any atom is 0.161 e. The van der Waals surface area contributed by atoms with Crippen molar-refractivity contribution in [3.8, 4) is 11.4 Å². The van der Waals surface area contributed by atoms with Gasteiger partial charge >= 0.3 is 0 Å². The third-order valence-electron chi connectivity index (χ3n) is 3.28. The van der Waals surface area contributed by atoms with E-state index in [4.69, 9.17) is 11.6 Å². The Hall–Kier alpha value is -1.93. The lowest BCUT2D eigenvalue weighted by molar-refractivity contribution is 0.875. The molecule has 3 aromatic rings. The molecule has 2 aromatic carbocycles. The van der Waals surface area contributed by atoms with Gasteiger partial charge in [0.25, 0.3) is 0 Å². The van der Waals surface area contributed by atoms with Crippen LogP contribution in [0.2, 0.25) is 5.15 Å². The molecule has 1 heterocycles. The summed E-state index contributed by atoms with van der Waals surface area (Å²) in [5.41, 5.74) is 2.03. The normalized spacial score (nSPS) is 10.9. The highest BCUT2D eigenvalue weighted by molar-refractivity contribution is 6.29. The van der Waals surface area contributed by atoms with E-state index < -0.39 is 0 Å². The Kier molecular flexibility index (Phi) is 3.66. The Balaban J connectivity index is 2.20. The predicted octanol–water partition coefficient (Wildman–Crippen LogP) is 4.90. The fourth-order valence-electron chi connectivity index (χ4n) is 2.39. The number of rotatable bonds is 3. The molecule has 0 unspecified atom stereocenters. The van der Waals surface area contributed by atoms with Crippen molar-refractivity contribution in [1.29, 1.82) is 0 Å². The summed E-state index contributed by atoms with van der Waals surface area (Å²) in [6.45, 7) is 2.13. The zero-order chi connectivity index (χ0) is 13.9. The summed E-state index contributed by atoms with van der Waals surface area (Å²) in [7, 11) is 0. The summed E-state index contributed by atoms with van der Waals surface area (Å²) in [5, 5.41) is 2.84. The van der Waals surface area contributed by atoms with Crippen molar-refractivity contribution < 1.29 is 0 Å². The Bertz CT molecular complexity index is 748. The van der Waals surface area contributed by atoms with Crippen molar-refractivity contribution in [2.45, 2.75) is 19.8 Å². The largest absolute Gasteiger partial charge is 0.233 e. The molecule has 0 fully saturated rings. The topological polar surface area (TPSA) is 25.8 Å². The van der Waals surface area contributed by atoms with Crippen LogP contribution in [-0.4, -0.2) is 9.97 Å². The van der Waals surface area contributed by atoms with Gasteiger partial charge in [-0.3, -0.25) is 0 Å². The van der Waals surface area contributed by atoms with Gasteiger partial charge in [0.15, 0.2) is 5.82 Å². The van der Waals surface area contributed by atoms with E-state index in [-0.39, 0.29) is 0 Å². The predicted molar refractivity (Wildman–Crippen MR) is 84.0 cm³/mol. The van der Waals surface area contributed by atoms with Crippen LogP contribution in [0.3, 0.4) is 0 Å². The lowest BCUT2D eigenvalue weighted by Crippen LogP contribution is -1.96. The molecule has 0 aliphatic heterocycles. The maximum absolute atomic E-state index is 6.14. The van der Waals surface area contributed by atoms with Crippen LogP contribution in [0.4, 0.5) is 0 Å². The Labute approximate surface area is 123 Å². The molecule has 1 aromatic heterocycles. The minimum absolute atomic E-state index is 0.506. The Morgan fingerprint density at radius 1 is 1.00 bits per heavy atom. The molecule has 3 rings (SSSR count). The van der Waals surface area contributed by atoms with E-state index in [2.05, 4.69) is 35.1 Å². The monoisotopic (exact) mass is 282 g/mol. The molecule has 20 heavy (non-hydrogen) atoms. The van der Waals surface area contributed by atoms with Gasteiger partial charge in [0.2, 0.25) is 0 Å². The number of nitrogens with zero attached hydrogens (tertiary/aromatic N) is 2. The number of aryl methyl sites for hydroxylation is 1. The highest BCUT2D eigenvalue weighted by Gasteiger charge is 2.08. The summed E-state index contributed by atoms with van der Waals surface area (Å²) in [4.78, 5) is 9.04. The molecular formula is C17H15ClN2. The molecule has 2 nitrogen and oxygen atoms in total. The van der Waals surface area contributed by atoms with Gasteiger partial charge in [-0.1, -0.05) is 67.4 Å². The van der Waals surface area contributed by atoms with E-state index in [1.165, 1.54) is 5.39 Å². The average molecular weight is 283 g/mol. The number of aromatic nitrogens is 2. The summed E-state index contributed by atoms with van der Waals surface area (Å²) >= 11 is 6.14. The van der Waals surface area contributed by atoms with Gasteiger partial charge in [-0.15, -0.1) is 0 Å². The van der Waals surface area contributed by atoms with E-state index in [9.17, 15) is 0 Å². The van der Waals surface area contributed by atoms with Crippen LogP contribution in [0.25, 0.3) is 22.2 Å². The molecule has 0 radical (unpaired) electrons. The molecule has 0 bridgehead atoms. The quantitative estimate of drug-likeness (QED) is 0.638. The summed E-state index contributed by atoms with van der Waals surface area (Å²) in [6, 6.07) is 16.3. The molecular weight excluding hydrogens is 268 g/mol. The standard InChI is InChI=1S/C17H15ClN2/c1-2-6-13-11-16(18)20-17(19-13)15-10-5-8-12-7-3-4-9-14(12)15/h3-5,7-11H,2,6H2,1H3. The van der Waals surface area contributed by atoms with Gasteiger partial charge in [-0.25, -0.2) is 9.97 Å². The van der Waals surface area contributed by atoms with Crippen molar-refractivity contribution in [3.05, 3.63) is 59.4 Å². The second-order valence-electron chi connectivity index (χ2n) is 4.78. The van der Waals surface area contributed by atoms with E-state index >= 15 is 0 Å². The van der Waals surface area contributed by atoms with Crippen LogP contribution in [0, 0.1) is 0 Å².